The van der Waals surface area contributed by atoms with Crippen LogP contribution in [-0.4, -0.2) is 44.2 Å². The molecular weight excluding hydrogens is 290 g/mol. The molecule has 2 atom stereocenters. The van der Waals surface area contributed by atoms with Gasteiger partial charge in [0.1, 0.15) is 11.8 Å². The van der Waals surface area contributed by atoms with Gasteiger partial charge in [0.15, 0.2) is 0 Å². The SMILES string of the molecule is CC(C)C1SCC(C(=O)O)N1C(=O)Cc1cccc(O)c1. The lowest BCUT2D eigenvalue weighted by Gasteiger charge is -2.29. The summed E-state index contributed by atoms with van der Waals surface area (Å²) in [6.07, 6.45) is 0.0992. The lowest BCUT2D eigenvalue weighted by molar-refractivity contribution is -0.149. The van der Waals surface area contributed by atoms with Gasteiger partial charge >= 0.3 is 5.97 Å². The molecule has 1 fully saturated rings. The molecule has 0 saturated carbocycles. The third-order valence-electron chi connectivity index (χ3n) is 3.44. The first-order chi connectivity index (χ1) is 9.90. The van der Waals surface area contributed by atoms with E-state index in [-0.39, 0.29) is 29.4 Å². The standard InChI is InChI=1S/C15H19NO4S/c1-9(2)14-16(12(8-21-14)15(19)20)13(18)7-10-4-3-5-11(17)6-10/h3-6,9,12,14,17H,7-8H2,1-2H3,(H,19,20). The van der Waals surface area contributed by atoms with E-state index < -0.39 is 12.0 Å². The first kappa shape index (κ1) is 15.7. The molecule has 1 aliphatic rings. The summed E-state index contributed by atoms with van der Waals surface area (Å²) in [5.74, 6) is -0.463. The van der Waals surface area contributed by atoms with Crippen LogP contribution in [0.1, 0.15) is 19.4 Å². The minimum Gasteiger partial charge on any atom is -0.508 e. The fourth-order valence-corrected chi connectivity index (χ4v) is 3.97. The summed E-state index contributed by atoms with van der Waals surface area (Å²) < 4.78 is 0. The summed E-state index contributed by atoms with van der Waals surface area (Å²) in [7, 11) is 0. The monoisotopic (exact) mass is 309 g/mol. The molecule has 1 amide bonds. The van der Waals surface area contributed by atoms with Crippen LogP contribution >= 0.6 is 11.8 Å². The Labute approximate surface area is 128 Å². The smallest absolute Gasteiger partial charge is 0.327 e. The second kappa shape index (κ2) is 6.39. The average Bonchev–Trinajstić information content (AvgIpc) is 2.83. The van der Waals surface area contributed by atoms with Gasteiger partial charge in [0, 0.05) is 5.75 Å². The normalized spacial score (nSPS) is 21.8. The van der Waals surface area contributed by atoms with Gasteiger partial charge in [0.25, 0.3) is 0 Å². The molecule has 6 heteroatoms. The molecule has 1 aliphatic heterocycles. The van der Waals surface area contributed by atoms with Crippen molar-refractivity contribution in [1.29, 1.82) is 0 Å². The number of amides is 1. The van der Waals surface area contributed by atoms with Gasteiger partial charge in [-0.2, -0.15) is 0 Å². The maximum absolute atomic E-state index is 12.5. The summed E-state index contributed by atoms with van der Waals surface area (Å²) in [5.41, 5.74) is 0.684. The molecule has 21 heavy (non-hydrogen) atoms. The van der Waals surface area contributed by atoms with E-state index >= 15 is 0 Å². The number of thioether (sulfide) groups is 1. The first-order valence-electron chi connectivity index (χ1n) is 6.83. The number of phenols is 1. The highest BCUT2D eigenvalue weighted by Gasteiger charge is 2.42. The molecule has 1 heterocycles. The van der Waals surface area contributed by atoms with E-state index in [9.17, 15) is 19.8 Å². The van der Waals surface area contributed by atoms with Crippen molar-refractivity contribution in [2.24, 2.45) is 5.92 Å². The van der Waals surface area contributed by atoms with E-state index in [4.69, 9.17) is 0 Å². The summed E-state index contributed by atoms with van der Waals surface area (Å²) in [6.45, 7) is 3.97. The Morgan fingerprint density at radius 1 is 1.43 bits per heavy atom. The van der Waals surface area contributed by atoms with Crippen molar-refractivity contribution in [3.63, 3.8) is 0 Å². The van der Waals surface area contributed by atoms with Crippen molar-refractivity contribution in [2.45, 2.75) is 31.7 Å². The number of hydrogen-bond acceptors (Lipinski definition) is 4. The second-order valence-electron chi connectivity index (χ2n) is 5.47. The number of aliphatic carboxylic acids is 1. The number of aromatic hydroxyl groups is 1. The van der Waals surface area contributed by atoms with Gasteiger partial charge in [0.05, 0.1) is 11.8 Å². The maximum atomic E-state index is 12.5. The summed E-state index contributed by atoms with van der Waals surface area (Å²) >= 11 is 1.51. The van der Waals surface area contributed by atoms with Crippen LogP contribution in [-0.2, 0) is 16.0 Å². The van der Waals surface area contributed by atoms with Crippen molar-refractivity contribution in [1.82, 2.24) is 4.90 Å². The second-order valence-corrected chi connectivity index (χ2v) is 6.62. The summed E-state index contributed by atoms with van der Waals surface area (Å²) in [4.78, 5) is 25.4. The molecule has 1 aromatic rings. The number of carboxylic acid groups (broad SMARTS) is 1. The minimum atomic E-state index is -0.963. The maximum Gasteiger partial charge on any atom is 0.327 e. The molecule has 0 radical (unpaired) electrons. The van der Waals surface area contributed by atoms with Gasteiger partial charge < -0.3 is 15.1 Å². The molecule has 0 spiro atoms. The Morgan fingerprint density at radius 3 is 2.71 bits per heavy atom. The van der Waals surface area contributed by atoms with Crippen molar-refractivity contribution in [3.05, 3.63) is 29.8 Å². The van der Waals surface area contributed by atoms with Crippen LogP contribution in [0.2, 0.25) is 0 Å². The van der Waals surface area contributed by atoms with E-state index in [1.165, 1.54) is 28.8 Å². The van der Waals surface area contributed by atoms with Gasteiger partial charge in [-0.05, 0) is 23.6 Å². The number of rotatable bonds is 4. The summed E-state index contributed by atoms with van der Waals surface area (Å²) in [5, 5.41) is 18.6. The number of carbonyl (C=O) groups excluding carboxylic acids is 1. The van der Waals surface area contributed by atoms with Crippen molar-refractivity contribution < 1.29 is 19.8 Å². The van der Waals surface area contributed by atoms with E-state index in [2.05, 4.69) is 0 Å². The molecule has 1 aromatic carbocycles. The van der Waals surface area contributed by atoms with Crippen LogP contribution in [0.3, 0.4) is 0 Å². The van der Waals surface area contributed by atoms with Gasteiger partial charge in [-0.1, -0.05) is 26.0 Å². The molecule has 2 unspecified atom stereocenters. The van der Waals surface area contributed by atoms with Gasteiger partial charge in [-0.3, -0.25) is 4.79 Å². The van der Waals surface area contributed by atoms with Crippen LogP contribution < -0.4 is 0 Å². The fourth-order valence-electron chi connectivity index (χ4n) is 2.48. The lowest BCUT2D eigenvalue weighted by Crippen LogP contribution is -2.47. The quantitative estimate of drug-likeness (QED) is 0.889. The van der Waals surface area contributed by atoms with E-state index in [0.29, 0.717) is 11.3 Å². The third kappa shape index (κ3) is 3.50. The molecular formula is C15H19NO4S. The molecule has 2 N–H and O–H groups in total. The van der Waals surface area contributed by atoms with E-state index in [1.54, 1.807) is 12.1 Å². The van der Waals surface area contributed by atoms with Gasteiger partial charge in [0.2, 0.25) is 5.91 Å². The highest BCUT2D eigenvalue weighted by Crippen LogP contribution is 2.34. The molecule has 2 rings (SSSR count). The van der Waals surface area contributed by atoms with Crippen molar-refractivity contribution >= 4 is 23.6 Å². The molecule has 0 aromatic heterocycles. The van der Waals surface area contributed by atoms with E-state index in [1.807, 2.05) is 13.8 Å². The van der Waals surface area contributed by atoms with Crippen LogP contribution in [0, 0.1) is 5.92 Å². The van der Waals surface area contributed by atoms with Crippen molar-refractivity contribution in [3.8, 4) is 5.75 Å². The largest absolute Gasteiger partial charge is 0.508 e. The van der Waals surface area contributed by atoms with Crippen LogP contribution in [0.5, 0.6) is 5.75 Å². The minimum absolute atomic E-state index is 0.0992. The molecule has 1 saturated heterocycles. The number of carboxylic acids is 1. The zero-order valence-electron chi connectivity index (χ0n) is 12.0. The van der Waals surface area contributed by atoms with Gasteiger partial charge in [-0.15, -0.1) is 11.8 Å². The van der Waals surface area contributed by atoms with E-state index in [0.717, 1.165) is 0 Å². The topological polar surface area (TPSA) is 77.8 Å². The number of nitrogens with zero attached hydrogens (tertiary/aromatic N) is 1. The molecule has 114 valence electrons. The number of benzene rings is 1. The highest BCUT2D eigenvalue weighted by atomic mass is 32.2. The Balaban J connectivity index is 2.19. The Morgan fingerprint density at radius 2 is 2.14 bits per heavy atom. The molecule has 0 bridgehead atoms. The van der Waals surface area contributed by atoms with Crippen molar-refractivity contribution in [2.75, 3.05) is 5.75 Å². The highest BCUT2D eigenvalue weighted by molar-refractivity contribution is 8.00. The predicted molar refractivity (Wildman–Crippen MR) is 81.2 cm³/mol. The Kier molecular flexibility index (Phi) is 4.77. The first-order valence-corrected chi connectivity index (χ1v) is 7.88. The number of carbonyl (C=O) groups is 2. The van der Waals surface area contributed by atoms with Gasteiger partial charge in [-0.25, -0.2) is 4.79 Å². The third-order valence-corrected chi connectivity index (χ3v) is 5.07. The number of hydrogen-bond donors (Lipinski definition) is 2. The zero-order valence-corrected chi connectivity index (χ0v) is 12.8. The average molecular weight is 309 g/mol. The predicted octanol–water partition coefficient (Wildman–Crippen LogP) is 1.95. The van der Waals surface area contributed by atoms with Crippen LogP contribution in [0.15, 0.2) is 24.3 Å². The number of phenolic OH excluding ortho intramolecular Hbond substituents is 1. The van der Waals surface area contributed by atoms with Crippen LogP contribution in [0.4, 0.5) is 0 Å². The van der Waals surface area contributed by atoms with Crippen LogP contribution in [0.25, 0.3) is 0 Å². The molecule has 0 aliphatic carbocycles. The zero-order chi connectivity index (χ0) is 15.6. The fraction of sp³-hybridized carbons (Fsp3) is 0.467. The molecule has 5 nitrogen and oxygen atoms in total. The summed E-state index contributed by atoms with van der Waals surface area (Å²) in [6, 6.07) is 5.72. The Hall–Kier alpha value is -1.69. The lowest BCUT2D eigenvalue weighted by atomic mass is 10.1. The Bertz CT molecular complexity index is 546.